The van der Waals surface area contributed by atoms with Crippen LogP contribution in [0.25, 0.3) is 0 Å². The molecule has 0 amide bonds. The van der Waals surface area contributed by atoms with E-state index in [1.54, 1.807) is 11.1 Å². The molecule has 19 heavy (non-hydrogen) atoms. The second kappa shape index (κ2) is 5.26. The quantitative estimate of drug-likeness (QED) is 0.883. The third kappa shape index (κ3) is 2.44. The van der Waals surface area contributed by atoms with E-state index in [1.807, 2.05) is 0 Å². The molecule has 0 radical (unpaired) electrons. The summed E-state index contributed by atoms with van der Waals surface area (Å²) in [6.07, 6.45) is 5.15. The van der Waals surface area contributed by atoms with Crippen LogP contribution < -0.4 is 5.73 Å². The number of nitrogens with zero attached hydrogens (tertiary/aromatic N) is 1. The summed E-state index contributed by atoms with van der Waals surface area (Å²) in [7, 11) is 0. The molecular weight excluding hydrogens is 232 g/mol. The lowest BCUT2D eigenvalue weighted by Crippen LogP contribution is -2.45. The molecule has 3 rings (SSSR count). The molecule has 0 spiro atoms. The fourth-order valence-corrected chi connectivity index (χ4v) is 3.88. The van der Waals surface area contributed by atoms with Gasteiger partial charge < -0.3 is 5.73 Å². The Balaban J connectivity index is 1.85. The highest BCUT2D eigenvalue weighted by Gasteiger charge is 2.34. The Morgan fingerprint density at radius 3 is 2.89 bits per heavy atom. The molecule has 1 aliphatic heterocycles. The second-order valence-corrected chi connectivity index (χ2v) is 6.48. The van der Waals surface area contributed by atoms with E-state index in [1.165, 1.54) is 37.8 Å². The van der Waals surface area contributed by atoms with E-state index >= 15 is 0 Å². The fraction of sp³-hybridized carbons (Fsp3) is 0.647. The second-order valence-electron chi connectivity index (χ2n) is 6.48. The van der Waals surface area contributed by atoms with Crippen LogP contribution in [-0.2, 0) is 6.42 Å². The third-order valence-corrected chi connectivity index (χ3v) is 5.11. The van der Waals surface area contributed by atoms with Crippen molar-refractivity contribution in [3.8, 4) is 0 Å². The van der Waals surface area contributed by atoms with Gasteiger partial charge in [-0.2, -0.15) is 0 Å². The zero-order valence-electron chi connectivity index (χ0n) is 12.2. The van der Waals surface area contributed by atoms with Gasteiger partial charge in [0.2, 0.25) is 0 Å². The summed E-state index contributed by atoms with van der Waals surface area (Å²) in [4.78, 5) is 2.73. The maximum atomic E-state index is 5.90. The summed E-state index contributed by atoms with van der Waals surface area (Å²) >= 11 is 0. The highest BCUT2D eigenvalue weighted by molar-refractivity contribution is 5.37. The van der Waals surface area contributed by atoms with E-state index in [4.69, 9.17) is 5.73 Å². The van der Waals surface area contributed by atoms with Gasteiger partial charge >= 0.3 is 0 Å². The van der Waals surface area contributed by atoms with Crippen LogP contribution in [0.1, 0.15) is 48.9 Å². The average molecular weight is 258 g/mol. The first kappa shape index (κ1) is 13.1. The lowest BCUT2D eigenvalue weighted by atomic mass is 9.90. The normalized spacial score (nSPS) is 31.4. The minimum Gasteiger partial charge on any atom is -0.330 e. The molecule has 2 heteroatoms. The number of piperidine rings is 1. The van der Waals surface area contributed by atoms with Crippen molar-refractivity contribution >= 4 is 0 Å². The van der Waals surface area contributed by atoms with E-state index in [0.717, 1.165) is 6.54 Å². The van der Waals surface area contributed by atoms with E-state index < -0.39 is 0 Å². The minimum atomic E-state index is 0.638. The van der Waals surface area contributed by atoms with Crippen LogP contribution >= 0.6 is 0 Å². The fourth-order valence-electron chi connectivity index (χ4n) is 3.88. The van der Waals surface area contributed by atoms with Gasteiger partial charge in [-0.15, -0.1) is 0 Å². The van der Waals surface area contributed by atoms with Gasteiger partial charge in [0, 0.05) is 18.6 Å². The molecule has 0 saturated carbocycles. The maximum absolute atomic E-state index is 5.90. The van der Waals surface area contributed by atoms with Crippen LogP contribution in [0.3, 0.4) is 0 Å². The monoisotopic (exact) mass is 258 g/mol. The van der Waals surface area contributed by atoms with Gasteiger partial charge in [-0.25, -0.2) is 0 Å². The van der Waals surface area contributed by atoms with Crippen molar-refractivity contribution < 1.29 is 0 Å². The lowest BCUT2D eigenvalue weighted by molar-refractivity contribution is 0.0737. The third-order valence-electron chi connectivity index (χ3n) is 5.11. The number of rotatable bonds is 2. The smallest absolute Gasteiger partial charge is 0.0357 e. The topological polar surface area (TPSA) is 29.3 Å². The van der Waals surface area contributed by atoms with Crippen LogP contribution in [0.5, 0.6) is 0 Å². The molecule has 2 N–H and O–H groups in total. The van der Waals surface area contributed by atoms with Gasteiger partial charge in [-0.3, -0.25) is 4.90 Å². The molecule has 1 aromatic rings. The Morgan fingerprint density at radius 1 is 1.26 bits per heavy atom. The van der Waals surface area contributed by atoms with Gasteiger partial charge in [0.15, 0.2) is 0 Å². The van der Waals surface area contributed by atoms with Crippen LogP contribution in [0.15, 0.2) is 18.2 Å². The summed E-state index contributed by atoms with van der Waals surface area (Å²) in [6, 6.07) is 8.34. The zero-order valence-corrected chi connectivity index (χ0v) is 12.2. The Morgan fingerprint density at radius 2 is 2.11 bits per heavy atom. The summed E-state index contributed by atoms with van der Waals surface area (Å²) < 4.78 is 0. The number of nitrogens with two attached hydrogens (primary N) is 1. The number of benzene rings is 1. The molecule has 104 valence electrons. The number of likely N-dealkylation sites (tertiary alicyclic amines) is 1. The molecule has 0 bridgehead atoms. The number of hydrogen-bond acceptors (Lipinski definition) is 2. The van der Waals surface area contributed by atoms with Crippen molar-refractivity contribution in [2.45, 2.75) is 51.6 Å². The molecule has 3 atom stereocenters. The largest absolute Gasteiger partial charge is 0.330 e. The van der Waals surface area contributed by atoms with E-state index in [0.29, 0.717) is 18.0 Å². The standard InChI is InChI=1S/C17H26N2/c1-12-3-6-15-7-8-17(16(15)9-12)19-11-14(10-18)5-4-13(19)2/h3,6,9,13-14,17H,4-5,7-8,10-11,18H2,1-2H3. The van der Waals surface area contributed by atoms with Gasteiger partial charge in [-0.1, -0.05) is 23.8 Å². The van der Waals surface area contributed by atoms with Crippen LogP contribution in [0.4, 0.5) is 0 Å². The first-order valence-corrected chi connectivity index (χ1v) is 7.74. The molecule has 1 heterocycles. The first-order valence-electron chi connectivity index (χ1n) is 7.74. The minimum absolute atomic E-state index is 0.638. The van der Waals surface area contributed by atoms with E-state index in [2.05, 4.69) is 36.9 Å². The van der Waals surface area contributed by atoms with Gasteiger partial charge in [0.1, 0.15) is 0 Å². The van der Waals surface area contributed by atoms with Crippen molar-refractivity contribution in [1.29, 1.82) is 0 Å². The maximum Gasteiger partial charge on any atom is 0.0357 e. The molecule has 1 aliphatic carbocycles. The molecule has 1 fully saturated rings. The number of hydrogen-bond donors (Lipinski definition) is 1. The van der Waals surface area contributed by atoms with Gasteiger partial charge in [-0.05, 0) is 63.1 Å². The molecule has 1 saturated heterocycles. The van der Waals surface area contributed by atoms with Crippen molar-refractivity contribution in [2.24, 2.45) is 11.7 Å². The van der Waals surface area contributed by atoms with E-state index in [-0.39, 0.29) is 0 Å². The van der Waals surface area contributed by atoms with Crippen molar-refractivity contribution in [3.63, 3.8) is 0 Å². The van der Waals surface area contributed by atoms with Crippen molar-refractivity contribution in [2.75, 3.05) is 13.1 Å². The average Bonchev–Trinajstić information content (AvgIpc) is 2.82. The molecular formula is C17H26N2. The van der Waals surface area contributed by atoms with Crippen molar-refractivity contribution in [3.05, 3.63) is 34.9 Å². The highest BCUT2D eigenvalue weighted by atomic mass is 15.2. The number of aryl methyl sites for hydroxylation is 2. The zero-order chi connectivity index (χ0) is 13.4. The highest BCUT2D eigenvalue weighted by Crippen LogP contribution is 2.40. The predicted molar refractivity (Wildman–Crippen MR) is 80.2 cm³/mol. The number of fused-ring (bicyclic) bond motifs is 1. The SMILES string of the molecule is Cc1ccc2c(c1)C(N1CC(CN)CCC1C)CC2. The summed E-state index contributed by atoms with van der Waals surface area (Å²) in [5.41, 5.74) is 10.5. The van der Waals surface area contributed by atoms with Gasteiger partial charge in [0.25, 0.3) is 0 Å². The Hall–Kier alpha value is -0.860. The van der Waals surface area contributed by atoms with E-state index in [9.17, 15) is 0 Å². The van der Waals surface area contributed by atoms with Crippen LogP contribution in [0.2, 0.25) is 0 Å². The molecule has 2 nitrogen and oxygen atoms in total. The molecule has 0 aromatic heterocycles. The van der Waals surface area contributed by atoms with Crippen LogP contribution in [0, 0.1) is 12.8 Å². The predicted octanol–water partition coefficient (Wildman–Crippen LogP) is 3.04. The van der Waals surface area contributed by atoms with Crippen LogP contribution in [-0.4, -0.2) is 24.0 Å². The lowest BCUT2D eigenvalue weighted by Gasteiger charge is -2.42. The Kier molecular flexibility index (Phi) is 3.64. The summed E-state index contributed by atoms with van der Waals surface area (Å²) in [6.45, 7) is 6.63. The molecule has 2 aliphatic rings. The van der Waals surface area contributed by atoms with Gasteiger partial charge in [0.05, 0.1) is 0 Å². The molecule has 1 aromatic carbocycles. The Bertz CT molecular complexity index is 455. The molecule has 3 unspecified atom stereocenters. The Labute approximate surface area is 117 Å². The summed E-state index contributed by atoms with van der Waals surface area (Å²) in [5, 5.41) is 0. The van der Waals surface area contributed by atoms with Crippen molar-refractivity contribution in [1.82, 2.24) is 4.90 Å². The first-order chi connectivity index (χ1) is 9.19. The summed E-state index contributed by atoms with van der Waals surface area (Å²) in [5.74, 6) is 0.699.